The summed E-state index contributed by atoms with van der Waals surface area (Å²) in [6.07, 6.45) is -0.902. The minimum atomic E-state index is -3.19. The van der Waals surface area contributed by atoms with Crippen LogP contribution in [0.25, 0.3) is 0 Å². The first kappa shape index (κ1) is 14.3. The highest BCUT2D eigenvalue weighted by molar-refractivity contribution is 7.91. The van der Waals surface area contributed by atoms with Gasteiger partial charge in [0.05, 0.1) is 22.9 Å². The van der Waals surface area contributed by atoms with Gasteiger partial charge in [-0.1, -0.05) is 6.92 Å². The van der Waals surface area contributed by atoms with E-state index in [1.54, 1.807) is 24.3 Å². The second-order valence-electron chi connectivity index (χ2n) is 4.85. The molecule has 1 aliphatic heterocycles. The van der Waals surface area contributed by atoms with Crippen LogP contribution < -0.4 is 4.90 Å². The monoisotopic (exact) mass is 285 g/mol. The lowest BCUT2D eigenvalue weighted by Gasteiger charge is -2.17. The van der Waals surface area contributed by atoms with E-state index in [4.69, 9.17) is 0 Å². The van der Waals surface area contributed by atoms with Gasteiger partial charge in [0.1, 0.15) is 0 Å². The van der Waals surface area contributed by atoms with Crippen molar-refractivity contribution in [2.24, 2.45) is 0 Å². The van der Waals surface area contributed by atoms with Gasteiger partial charge in [0.15, 0.2) is 9.84 Å². The van der Waals surface area contributed by atoms with Gasteiger partial charge in [0, 0.05) is 18.8 Å². The number of hydrogen-bond acceptors (Lipinski definition) is 5. The Bertz CT molecular complexity index is 516. The molecule has 1 aromatic carbocycles. The van der Waals surface area contributed by atoms with Crippen molar-refractivity contribution in [2.45, 2.75) is 30.4 Å². The molecule has 1 aromatic rings. The van der Waals surface area contributed by atoms with E-state index in [0.29, 0.717) is 24.4 Å². The molecule has 6 heteroatoms. The first-order valence-corrected chi connectivity index (χ1v) is 8.03. The zero-order chi connectivity index (χ0) is 14.0. The van der Waals surface area contributed by atoms with Gasteiger partial charge in [-0.25, -0.2) is 8.42 Å². The Labute approximate surface area is 113 Å². The van der Waals surface area contributed by atoms with E-state index < -0.39 is 22.0 Å². The Hall–Kier alpha value is -1.11. The van der Waals surface area contributed by atoms with E-state index in [-0.39, 0.29) is 5.75 Å². The topological polar surface area (TPSA) is 77.8 Å². The van der Waals surface area contributed by atoms with Crippen molar-refractivity contribution in [3.63, 3.8) is 0 Å². The third-order valence-corrected chi connectivity index (χ3v) is 5.23. The van der Waals surface area contributed by atoms with Crippen molar-refractivity contribution < 1.29 is 18.6 Å². The highest BCUT2D eigenvalue weighted by Gasteiger charge is 2.29. The molecule has 0 saturated carbocycles. The lowest BCUT2D eigenvalue weighted by molar-refractivity contribution is 0.0572. The third-order valence-electron chi connectivity index (χ3n) is 3.29. The largest absolute Gasteiger partial charge is 0.389 e. The molecule has 0 bridgehead atoms. The summed E-state index contributed by atoms with van der Waals surface area (Å²) in [7, 11) is -3.19. The molecule has 19 heavy (non-hydrogen) atoms. The van der Waals surface area contributed by atoms with E-state index in [0.717, 1.165) is 5.69 Å². The number of nitrogens with zero attached hydrogens (tertiary/aromatic N) is 1. The van der Waals surface area contributed by atoms with Crippen LogP contribution in [0.15, 0.2) is 29.2 Å². The summed E-state index contributed by atoms with van der Waals surface area (Å²) >= 11 is 0. The van der Waals surface area contributed by atoms with Gasteiger partial charge in [0.2, 0.25) is 0 Å². The van der Waals surface area contributed by atoms with Crippen LogP contribution in [0, 0.1) is 0 Å². The summed E-state index contributed by atoms with van der Waals surface area (Å²) in [5, 5.41) is 19.0. The standard InChI is InChI=1S/C13H19NO4S/c1-2-7-19(17,18)11-5-3-10(4-6-11)14-8-12(15)13(16)9-14/h3-6,12-13,15-16H,2,7-9H2,1H3. The SMILES string of the molecule is CCCS(=O)(=O)c1ccc(N2CC(O)C(O)C2)cc1. The minimum absolute atomic E-state index is 0.146. The summed E-state index contributed by atoms with van der Waals surface area (Å²) in [5.41, 5.74) is 0.811. The number of rotatable bonds is 4. The first-order valence-electron chi connectivity index (χ1n) is 6.38. The number of aliphatic hydroxyl groups is 2. The predicted molar refractivity (Wildman–Crippen MR) is 73.0 cm³/mol. The average molecular weight is 285 g/mol. The van der Waals surface area contributed by atoms with Gasteiger partial charge < -0.3 is 15.1 Å². The van der Waals surface area contributed by atoms with Crippen molar-refractivity contribution in [2.75, 3.05) is 23.7 Å². The molecular weight excluding hydrogens is 266 g/mol. The molecule has 2 N–H and O–H groups in total. The van der Waals surface area contributed by atoms with Gasteiger partial charge >= 0.3 is 0 Å². The van der Waals surface area contributed by atoms with E-state index in [1.165, 1.54) is 0 Å². The lowest BCUT2D eigenvalue weighted by atomic mass is 10.3. The van der Waals surface area contributed by atoms with Crippen LogP contribution in [0.4, 0.5) is 5.69 Å². The normalized spacial score (nSPS) is 23.8. The van der Waals surface area contributed by atoms with E-state index in [2.05, 4.69) is 0 Å². The van der Waals surface area contributed by atoms with E-state index >= 15 is 0 Å². The quantitative estimate of drug-likeness (QED) is 0.838. The highest BCUT2D eigenvalue weighted by Crippen LogP contribution is 2.23. The summed E-state index contributed by atoms with van der Waals surface area (Å²) in [6.45, 7) is 2.56. The van der Waals surface area contributed by atoms with Crippen LogP contribution in [0.5, 0.6) is 0 Å². The van der Waals surface area contributed by atoms with Gasteiger partial charge in [-0.2, -0.15) is 0 Å². The zero-order valence-electron chi connectivity index (χ0n) is 10.9. The zero-order valence-corrected chi connectivity index (χ0v) is 11.7. The van der Waals surface area contributed by atoms with Gasteiger partial charge in [0.25, 0.3) is 0 Å². The molecule has 0 amide bonds. The molecule has 1 fully saturated rings. The van der Waals surface area contributed by atoms with Crippen LogP contribution in [0.3, 0.4) is 0 Å². The Balaban J connectivity index is 2.16. The van der Waals surface area contributed by atoms with E-state index in [1.807, 2.05) is 11.8 Å². The van der Waals surface area contributed by atoms with Gasteiger partial charge in [-0.05, 0) is 30.7 Å². The molecule has 1 heterocycles. The van der Waals surface area contributed by atoms with Crippen LogP contribution in [0.2, 0.25) is 0 Å². The fraction of sp³-hybridized carbons (Fsp3) is 0.538. The fourth-order valence-electron chi connectivity index (χ4n) is 2.23. The number of hydrogen-bond donors (Lipinski definition) is 2. The predicted octanol–water partition coefficient (Wildman–Crippen LogP) is 0.412. The van der Waals surface area contributed by atoms with Crippen LogP contribution >= 0.6 is 0 Å². The average Bonchev–Trinajstić information content (AvgIpc) is 2.70. The first-order chi connectivity index (χ1) is 8.94. The third kappa shape index (κ3) is 3.08. The molecule has 0 spiro atoms. The minimum Gasteiger partial charge on any atom is -0.389 e. The number of anilines is 1. The van der Waals surface area contributed by atoms with Crippen LogP contribution in [0.1, 0.15) is 13.3 Å². The van der Waals surface area contributed by atoms with Crippen molar-refractivity contribution in [1.82, 2.24) is 0 Å². The van der Waals surface area contributed by atoms with Crippen LogP contribution in [-0.4, -0.2) is 49.7 Å². The molecule has 5 nitrogen and oxygen atoms in total. The highest BCUT2D eigenvalue weighted by atomic mass is 32.2. The van der Waals surface area contributed by atoms with Gasteiger partial charge in [-0.3, -0.25) is 0 Å². The molecule has 2 atom stereocenters. The number of benzene rings is 1. The molecule has 0 aromatic heterocycles. The summed E-state index contributed by atoms with van der Waals surface area (Å²) in [5.74, 6) is 0.146. The lowest BCUT2D eigenvalue weighted by Crippen LogP contribution is -2.22. The van der Waals surface area contributed by atoms with Crippen LogP contribution in [-0.2, 0) is 9.84 Å². The molecule has 106 valence electrons. The van der Waals surface area contributed by atoms with Crippen molar-refractivity contribution in [1.29, 1.82) is 0 Å². The number of aliphatic hydroxyl groups excluding tert-OH is 2. The van der Waals surface area contributed by atoms with Gasteiger partial charge in [-0.15, -0.1) is 0 Å². The Morgan fingerprint density at radius 1 is 1.16 bits per heavy atom. The Morgan fingerprint density at radius 2 is 1.68 bits per heavy atom. The molecule has 0 aliphatic carbocycles. The maximum Gasteiger partial charge on any atom is 0.178 e. The molecular formula is C13H19NO4S. The fourth-order valence-corrected chi connectivity index (χ4v) is 3.56. The maximum atomic E-state index is 11.9. The smallest absolute Gasteiger partial charge is 0.178 e. The Kier molecular flexibility index (Phi) is 4.13. The molecule has 2 rings (SSSR count). The molecule has 0 radical (unpaired) electrons. The number of β-amino-alcohol motifs (C(OH)–C–C–N with tert-alkyl or cyclic N) is 2. The molecule has 1 aliphatic rings. The summed E-state index contributed by atoms with van der Waals surface area (Å²) in [4.78, 5) is 2.16. The number of sulfone groups is 1. The van der Waals surface area contributed by atoms with Crippen molar-refractivity contribution >= 4 is 15.5 Å². The van der Waals surface area contributed by atoms with Crippen molar-refractivity contribution in [3.05, 3.63) is 24.3 Å². The van der Waals surface area contributed by atoms with E-state index in [9.17, 15) is 18.6 Å². The summed E-state index contributed by atoms with van der Waals surface area (Å²) in [6, 6.07) is 6.59. The second-order valence-corrected chi connectivity index (χ2v) is 6.96. The molecule has 2 unspecified atom stereocenters. The second kappa shape index (κ2) is 5.48. The molecule has 1 saturated heterocycles. The Morgan fingerprint density at radius 3 is 2.16 bits per heavy atom. The van der Waals surface area contributed by atoms with Crippen molar-refractivity contribution in [3.8, 4) is 0 Å². The maximum absolute atomic E-state index is 11.9. The summed E-state index contributed by atoms with van der Waals surface area (Å²) < 4.78 is 23.8.